The summed E-state index contributed by atoms with van der Waals surface area (Å²) in [6.45, 7) is 3.41. The first-order valence-electron chi connectivity index (χ1n) is 11.2. The summed E-state index contributed by atoms with van der Waals surface area (Å²) in [5, 5.41) is 0.203. The van der Waals surface area contributed by atoms with Crippen LogP contribution in [0.1, 0.15) is 5.56 Å². The number of benzene rings is 3. The van der Waals surface area contributed by atoms with Crippen molar-refractivity contribution < 1.29 is 17.2 Å². The first-order chi connectivity index (χ1) is 16.9. The van der Waals surface area contributed by atoms with E-state index in [4.69, 9.17) is 16.0 Å². The Morgan fingerprint density at radius 3 is 2.23 bits per heavy atom. The lowest BCUT2D eigenvalue weighted by Crippen LogP contribution is -2.46. The summed E-state index contributed by atoms with van der Waals surface area (Å²) in [5.41, 5.74) is 1.72. The third-order valence-electron chi connectivity index (χ3n) is 5.97. The van der Waals surface area contributed by atoms with Crippen LogP contribution in [0.2, 0.25) is 5.02 Å². The van der Waals surface area contributed by atoms with E-state index >= 15 is 0 Å². The van der Waals surface area contributed by atoms with Gasteiger partial charge in [-0.3, -0.25) is 4.90 Å². The molecule has 4 aromatic rings. The van der Waals surface area contributed by atoms with Crippen molar-refractivity contribution in [3.63, 3.8) is 0 Å². The molecule has 0 atom stereocenters. The van der Waals surface area contributed by atoms with E-state index in [-0.39, 0.29) is 21.7 Å². The molecule has 1 saturated heterocycles. The minimum atomic E-state index is -4.07. The van der Waals surface area contributed by atoms with E-state index in [0.29, 0.717) is 23.7 Å². The molecule has 0 amide bonds. The quantitative estimate of drug-likeness (QED) is 0.328. The molecule has 1 fully saturated rings. The second kappa shape index (κ2) is 9.81. The highest BCUT2D eigenvalue weighted by molar-refractivity contribution is 7.91. The van der Waals surface area contributed by atoms with Crippen LogP contribution in [-0.4, -0.2) is 44.5 Å². The van der Waals surface area contributed by atoms with Crippen molar-refractivity contribution in [2.45, 2.75) is 16.5 Å². The monoisotopic (exact) mass is 511 g/mol. The highest BCUT2D eigenvalue weighted by Crippen LogP contribution is 2.37. The van der Waals surface area contributed by atoms with Gasteiger partial charge >= 0.3 is 0 Å². The Bertz CT molecular complexity index is 1420. The average Bonchev–Trinajstić information content (AvgIpc) is 3.32. The summed E-state index contributed by atoms with van der Waals surface area (Å²) >= 11 is 6.34. The zero-order valence-corrected chi connectivity index (χ0v) is 20.3. The fourth-order valence-electron chi connectivity index (χ4n) is 4.10. The Balaban J connectivity index is 1.48. The standard InChI is InChI=1S/C26H23ClFN3O3S/c27-23-9-5-4-8-22(23)24-29-25(35(32,33)21-12-10-20(28)11-13-21)26(34-24)31-16-14-30(15-17-31)18-19-6-2-1-3-7-19/h1-13H,14-18H2. The van der Waals surface area contributed by atoms with Gasteiger partial charge in [-0.2, -0.15) is 4.98 Å². The number of aromatic nitrogens is 1. The van der Waals surface area contributed by atoms with Crippen molar-refractivity contribution in [1.82, 2.24) is 9.88 Å². The second-order valence-corrected chi connectivity index (χ2v) is 10.6. The summed E-state index contributed by atoms with van der Waals surface area (Å²) in [7, 11) is -4.07. The van der Waals surface area contributed by atoms with Gasteiger partial charge in [0.1, 0.15) is 5.82 Å². The molecule has 0 unspecified atom stereocenters. The van der Waals surface area contributed by atoms with Crippen molar-refractivity contribution in [3.8, 4) is 11.5 Å². The van der Waals surface area contributed by atoms with Gasteiger partial charge in [-0.1, -0.05) is 54.1 Å². The molecule has 0 N–H and O–H groups in total. The Labute approximate surface area is 208 Å². The Hall–Kier alpha value is -3.20. The van der Waals surface area contributed by atoms with Gasteiger partial charge in [-0.25, -0.2) is 12.8 Å². The number of nitrogens with zero attached hydrogens (tertiary/aromatic N) is 3. The fraction of sp³-hybridized carbons (Fsp3) is 0.192. The van der Waals surface area contributed by atoms with Crippen LogP contribution in [0, 0.1) is 5.82 Å². The van der Waals surface area contributed by atoms with Crippen LogP contribution in [0.4, 0.5) is 10.3 Å². The average molecular weight is 512 g/mol. The van der Waals surface area contributed by atoms with Gasteiger partial charge in [-0.05, 0) is 42.0 Å². The van der Waals surface area contributed by atoms with Crippen LogP contribution in [0.3, 0.4) is 0 Å². The molecule has 1 aliphatic rings. The molecule has 0 radical (unpaired) electrons. The largest absolute Gasteiger partial charge is 0.419 e. The number of hydrogen-bond donors (Lipinski definition) is 0. The van der Waals surface area contributed by atoms with E-state index in [0.717, 1.165) is 31.8 Å². The lowest BCUT2D eigenvalue weighted by Gasteiger charge is -2.34. The smallest absolute Gasteiger partial charge is 0.236 e. The molecule has 2 heterocycles. The molecular weight excluding hydrogens is 489 g/mol. The Morgan fingerprint density at radius 2 is 1.54 bits per heavy atom. The molecular formula is C26H23ClFN3O3S. The summed E-state index contributed by atoms with van der Waals surface area (Å²) in [6, 6.07) is 21.9. The van der Waals surface area contributed by atoms with Crippen molar-refractivity contribution in [3.05, 3.63) is 95.3 Å². The number of rotatable bonds is 6. The predicted octanol–water partition coefficient (Wildman–Crippen LogP) is 5.29. The minimum absolute atomic E-state index is 0.0538. The van der Waals surface area contributed by atoms with E-state index < -0.39 is 15.7 Å². The maximum atomic E-state index is 13.5. The number of oxazole rings is 1. The van der Waals surface area contributed by atoms with Crippen LogP contribution in [0.15, 0.2) is 93.2 Å². The highest BCUT2D eigenvalue weighted by atomic mass is 35.5. The third kappa shape index (κ3) is 4.96. The maximum absolute atomic E-state index is 13.5. The molecule has 0 spiro atoms. The van der Waals surface area contributed by atoms with Crippen molar-refractivity contribution in [2.24, 2.45) is 0 Å². The van der Waals surface area contributed by atoms with Gasteiger partial charge < -0.3 is 9.32 Å². The molecule has 180 valence electrons. The predicted molar refractivity (Wildman–Crippen MR) is 133 cm³/mol. The second-order valence-electron chi connectivity index (χ2n) is 8.32. The van der Waals surface area contributed by atoms with Crippen molar-refractivity contribution in [2.75, 3.05) is 31.1 Å². The summed E-state index contributed by atoms with van der Waals surface area (Å²) in [6.07, 6.45) is 0. The molecule has 6 nitrogen and oxygen atoms in total. The van der Waals surface area contributed by atoms with Crippen LogP contribution in [0.5, 0.6) is 0 Å². The molecule has 1 aliphatic heterocycles. The van der Waals surface area contributed by atoms with Crippen LogP contribution in [-0.2, 0) is 16.4 Å². The van der Waals surface area contributed by atoms with E-state index in [1.54, 1.807) is 24.3 Å². The molecule has 0 aliphatic carbocycles. The molecule has 1 aromatic heterocycles. The van der Waals surface area contributed by atoms with Crippen LogP contribution in [0.25, 0.3) is 11.5 Å². The molecule has 3 aromatic carbocycles. The van der Waals surface area contributed by atoms with Gasteiger partial charge in [0, 0.05) is 32.7 Å². The topological polar surface area (TPSA) is 66.7 Å². The minimum Gasteiger partial charge on any atom is -0.419 e. The van der Waals surface area contributed by atoms with Gasteiger partial charge in [0.15, 0.2) is 0 Å². The first kappa shape index (κ1) is 23.5. The molecule has 5 rings (SSSR count). The number of piperazine rings is 1. The van der Waals surface area contributed by atoms with Crippen molar-refractivity contribution in [1.29, 1.82) is 0 Å². The summed E-state index contributed by atoms with van der Waals surface area (Å²) < 4.78 is 46.6. The van der Waals surface area contributed by atoms with Crippen LogP contribution >= 0.6 is 11.6 Å². The lowest BCUT2D eigenvalue weighted by molar-refractivity contribution is 0.245. The van der Waals surface area contributed by atoms with Gasteiger partial charge in [0.25, 0.3) is 0 Å². The fourth-order valence-corrected chi connectivity index (χ4v) is 5.64. The normalized spacial score (nSPS) is 14.9. The molecule has 35 heavy (non-hydrogen) atoms. The highest BCUT2D eigenvalue weighted by Gasteiger charge is 2.33. The Kier molecular flexibility index (Phi) is 6.60. The van der Waals surface area contributed by atoms with E-state index in [9.17, 15) is 12.8 Å². The maximum Gasteiger partial charge on any atom is 0.236 e. The van der Waals surface area contributed by atoms with Crippen LogP contribution < -0.4 is 4.90 Å². The summed E-state index contributed by atoms with van der Waals surface area (Å²) in [4.78, 5) is 8.54. The van der Waals surface area contributed by atoms with E-state index in [1.165, 1.54) is 17.7 Å². The van der Waals surface area contributed by atoms with Gasteiger partial charge in [-0.15, -0.1) is 0 Å². The third-order valence-corrected chi connectivity index (χ3v) is 7.97. The number of sulfone groups is 1. The van der Waals surface area contributed by atoms with E-state index in [2.05, 4.69) is 22.0 Å². The van der Waals surface area contributed by atoms with Crippen molar-refractivity contribution >= 4 is 27.3 Å². The number of halogens is 2. The zero-order chi connectivity index (χ0) is 24.4. The summed E-state index contributed by atoms with van der Waals surface area (Å²) in [5.74, 6) is -0.225. The molecule has 0 bridgehead atoms. The first-order valence-corrected chi connectivity index (χ1v) is 13.1. The SMILES string of the molecule is O=S(=O)(c1ccc(F)cc1)c1nc(-c2ccccc2Cl)oc1N1CCN(Cc2ccccc2)CC1. The molecule has 9 heteroatoms. The van der Waals surface area contributed by atoms with Gasteiger partial charge in [0.2, 0.25) is 26.6 Å². The Morgan fingerprint density at radius 1 is 0.886 bits per heavy atom. The number of hydrogen-bond acceptors (Lipinski definition) is 6. The van der Waals surface area contributed by atoms with E-state index in [1.807, 2.05) is 23.1 Å². The zero-order valence-electron chi connectivity index (χ0n) is 18.8. The number of anilines is 1. The molecule has 0 saturated carbocycles. The van der Waals surface area contributed by atoms with Gasteiger partial charge in [0.05, 0.1) is 15.5 Å². The lowest BCUT2D eigenvalue weighted by atomic mass is 10.2.